The summed E-state index contributed by atoms with van der Waals surface area (Å²) in [6.45, 7) is 0. The zero-order valence-corrected chi connectivity index (χ0v) is 14.2. The molecule has 2 aromatic rings. The minimum absolute atomic E-state index is 0.0716. The molecule has 1 fully saturated rings. The lowest BCUT2D eigenvalue weighted by molar-refractivity contribution is -0.116. The molecule has 1 heterocycles. The molecule has 0 unspecified atom stereocenters. The maximum Gasteiger partial charge on any atom is 0.241 e. The zero-order chi connectivity index (χ0) is 17.7. The second kappa shape index (κ2) is 5.64. The molecule has 4 rings (SSSR count). The lowest BCUT2D eigenvalue weighted by Gasteiger charge is -2.21. The van der Waals surface area contributed by atoms with Crippen LogP contribution >= 0.6 is 0 Å². The summed E-state index contributed by atoms with van der Waals surface area (Å²) in [4.78, 5) is 11.5. The number of amides is 1. The second-order valence-corrected chi connectivity index (χ2v) is 8.22. The van der Waals surface area contributed by atoms with Gasteiger partial charge in [0, 0.05) is 17.7 Å². The molecule has 130 valence electrons. The number of aryl methyl sites for hydroxylation is 1. The average molecular weight is 360 g/mol. The van der Waals surface area contributed by atoms with Crippen molar-refractivity contribution in [2.75, 3.05) is 5.32 Å². The molecular weight excluding hydrogens is 343 g/mol. The number of fused-ring (bicyclic) bond motifs is 1. The van der Waals surface area contributed by atoms with Crippen molar-refractivity contribution in [3.8, 4) is 0 Å². The number of hydrogen-bond donors (Lipinski definition) is 2. The predicted octanol–water partition coefficient (Wildman–Crippen LogP) is 2.68. The fourth-order valence-electron chi connectivity index (χ4n) is 3.24. The van der Waals surface area contributed by atoms with Gasteiger partial charge >= 0.3 is 0 Å². The van der Waals surface area contributed by atoms with Gasteiger partial charge in [0.15, 0.2) is 0 Å². The molecule has 0 atom stereocenters. The van der Waals surface area contributed by atoms with E-state index in [1.165, 1.54) is 12.1 Å². The van der Waals surface area contributed by atoms with Crippen LogP contribution in [0.1, 0.15) is 30.4 Å². The Morgan fingerprint density at radius 3 is 2.56 bits per heavy atom. The van der Waals surface area contributed by atoms with E-state index in [4.69, 9.17) is 0 Å². The predicted molar refractivity (Wildman–Crippen MR) is 91.0 cm³/mol. The fraction of sp³-hybridized carbons (Fsp3) is 0.278. The number of carbonyl (C=O) groups is 1. The molecule has 0 saturated heterocycles. The van der Waals surface area contributed by atoms with E-state index in [1.807, 2.05) is 0 Å². The third-order valence-electron chi connectivity index (χ3n) is 4.75. The molecule has 5 nitrogen and oxygen atoms in total. The molecule has 0 radical (unpaired) electrons. The third kappa shape index (κ3) is 2.94. The molecular formula is C18H17FN2O3S. The highest BCUT2D eigenvalue weighted by Crippen LogP contribution is 2.47. The largest absolute Gasteiger partial charge is 0.326 e. The van der Waals surface area contributed by atoms with E-state index in [9.17, 15) is 17.6 Å². The molecule has 1 amide bonds. The SMILES string of the molecule is O=C1CCc2cc(S(=O)(=O)NC3(c4ccccc4F)CC3)ccc2N1. The van der Waals surface area contributed by atoms with E-state index < -0.39 is 21.4 Å². The van der Waals surface area contributed by atoms with Gasteiger partial charge in [-0.1, -0.05) is 18.2 Å². The Kier molecular flexibility index (Phi) is 3.66. The van der Waals surface area contributed by atoms with Crippen molar-refractivity contribution in [1.82, 2.24) is 4.72 Å². The highest BCUT2D eigenvalue weighted by molar-refractivity contribution is 7.89. The van der Waals surface area contributed by atoms with Crippen molar-refractivity contribution < 1.29 is 17.6 Å². The van der Waals surface area contributed by atoms with Crippen LogP contribution in [0.3, 0.4) is 0 Å². The first-order valence-corrected chi connectivity index (χ1v) is 9.60. The summed E-state index contributed by atoms with van der Waals surface area (Å²) in [6.07, 6.45) is 1.97. The first-order valence-electron chi connectivity index (χ1n) is 8.11. The van der Waals surface area contributed by atoms with Crippen LogP contribution < -0.4 is 10.0 Å². The maximum atomic E-state index is 14.1. The molecule has 0 spiro atoms. The van der Waals surface area contributed by atoms with Crippen LogP contribution in [0.5, 0.6) is 0 Å². The van der Waals surface area contributed by atoms with E-state index in [0.717, 1.165) is 5.56 Å². The molecule has 0 bridgehead atoms. The summed E-state index contributed by atoms with van der Waals surface area (Å²) in [5.74, 6) is -0.478. The number of nitrogens with one attached hydrogen (secondary N) is 2. The van der Waals surface area contributed by atoms with E-state index in [2.05, 4.69) is 10.0 Å². The van der Waals surface area contributed by atoms with Gasteiger partial charge in [0.05, 0.1) is 10.4 Å². The Labute approximate surface area is 145 Å². The molecule has 1 saturated carbocycles. The third-order valence-corrected chi connectivity index (χ3v) is 6.29. The lowest BCUT2D eigenvalue weighted by Crippen LogP contribution is -2.35. The van der Waals surface area contributed by atoms with Crippen LogP contribution in [0.25, 0.3) is 0 Å². The molecule has 1 aliphatic carbocycles. The van der Waals surface area contributed by atoms with E-state index >= 15 is 0 Å². The zero-order valence-electron chi connectivity index (χ0n) is 13.4. The van der Waals surface area contributed by atoms with Crippen molar-refractivity contribution >= 4 is 21.6 Å². The van der Waals surface area contributed by atoms with Gasteiger partial charge in [-0.25, -0.2) is 17.5 Å². The normalized spacial score (nSPS) is 18.4. The summed E-state index contributed by atoms with van der Waals surface area (Å²) in [7, 11) is -3.80. The quantitative estimate of drug-likeness (QED) is 0.880. The highest BCUT2D eigenvalue weighted by Gasteiger charge is 2.49. The summed E-state index contributed by atoms with van der Waals surface area (Å²) < 4.78 is 42.4. The number of rotatable bonds is 4. The monoisotopic (exact) mass is 360 g/mol. The number of benzene rings is 2. The first kappa shape index (κ1) is 16.2. The summed E-state index contributed by atoms with van der Waals surface area (Å²) in [5, 5.41) is 2.73. The van der Waals surface area contributed by atoms with E-state index in [0.29, 0.717) is 36.9 Å². The molecule has 2 aromatic carbocycles. The van der Waals surface area contributed by atoms with Crippen LogP contribution in [0, 0.1) is 5.82 Å². The Morgan fingerprint density at radius 1 is 1.08 bits per heavy atom. The highest BCUT2D eigenvalue weighted by atomic mass is 32.2. The lowest BCUT2D eigenvalue weighted by atomic mass is 10.0. The molecule has 1 aliphatic heterocycles. The number of halogens is 1. The maximum absolute atomic E-state index is 14.1. The van der Waals surface area contributed by atoms with Gasteiger partial charge in [0.25, 0.3) is 0 Å². The molecule has 2 N–H and O–H groups in total. The molecule has 0 aromatic heterocycles. The topological polar surface area (TPSA) is 75.3 Å². The minimum atomic E-state index is -3.80. The molecule has 7 heteroatoms. The number of hydrogen-bond acceptors (Lipinski definition) is 3. The van der Waals surface area contributed by atoms with Gasteiger partial charge in [-0.3, -0.25) is 4.79 Å². The smallest absolute Gasteiger partial charge is 0.241 e. The van der Waals surface area contributed by atoms with Crippen LogP contribution in [-0.2, 0) is 26.8 Å². The second-order valence-electron chi connectivity index (χ2n) is 6.53. The minimum Gasteiger partial charge on any atom is -0.326 e. The Morgan fingerprint density at radius 2 is 1.84 bits per heavy atom. The number of carbonyl (C=O) groups excluding carboxylic acids is 1. The van der Waals surface area contributed by atoms with Gasteiger partial charge in [-0.2, -0.15) is 0 Å². The van der Waals surface area contributed by atoms with Crippen LogP contribution in [0.15, 0.2) is 47.4 Å². The van der Waals surface area contributed by atoms with Crippen LogP contribution in [0.2, 0.25) is 0 Å². The Balaban J connectivity index is 1.65. The van der Waals surface area contributed by atoms with Crippen molar-refractivity contribution in [3.63, 3.8) is 0 Å². The summed E-state index contributed by atoms with van der Waals surface area (Å²) in [5.41, 5.74) is 0.946. The van der Waals surface area contributed by atoms with Crippen LogP contribution in [0.4, 0.5) is 10.1 Å². The van der Waals surface area contributed by atoms with E-state index in [-0.39, 0.29) is 10.8 Å². The van der Waals surface area contributed by atoms with Crippen molar-refractivity contribution in [1.29, 1.82) is 0 Å². The van der Waals surface area contributed by atoms with Crippen molar-refractivity contribution in [3.05, 3.63) is 59.4 Å². The fourth-order valence-corrected chi connectivity index (χ4v) is 4.73. The van der Waals surface area contributed by atoms with Gasteiger partial charge in [-0.15, -0.1) is 0 Å². The van der Waals surface area contributed by atoms with Crippen molar-refractivity contribution in [2.45, 2.75) is 36.1 Å². The average Bonchev–Trinajstić information content (AvgIpc) is 3.34. The van der Waals surface area contributed by atoms with Crippen LogP contribution in [-0.4, -0.2) is 14.3 Å². The molecule has 2 aliphatic rings. The van der Waals surface area contributed by atoms with Gasteiger partial charge in [0.1, 0.15) is 5.82 Å². The summed E-state index contributed by atoms with van der Waals surface area (Å²) >= 11 is 0. The Bertz CT molecular complexity index is 968. The number of sulfonamides is 1. The number of anilines is 1. The molecule has 25 heavy (non-hydrogen) atoms. The van der Waals surface area contributed by atoms with Gasteiger partial charge in [0.2, 0.25) is 15.9 Å². The van der Waals surface area contributed by atoms with Gasteiger partial charge < -0.3 is 5.32 Å². The van der Waals surface area contributed by atoms with Crippen molar-refractivity contribution in [2.24, 2.45) is 0 Å². The van der Waals surface area contributed by atoms with Gasteiger partial charge in [-0.05, 0) is 49.1 Å². The standard InChI is InChI=1S/C18H17FN2O3S/c19-15-4-2-1-3-14(15)18(9-10-18)21-25(23,24)13-6-7-16-12(11-13)5-8-17(22)20-16/h1-4,6-7,11,21H,5,8-10H2,(H,20,22). The Hall–Kier alpha value is -2.25. The van der Waals surface area contributed by atoms with E-state index in [1.54, 1.807) is 30.3 Å². The first-order chi connectivity index (χ1) is 11.9. The summed E-state index contributed by atoms with van der Waals surface area (Å²) in [6, 6.07) is 10.9.